The molecule has 0 fully saturated rings. The Morgan fingerprint density at radius 3 is 2.47 bits per heavy atom. The fraction of sp³-hybridized carbons (Fsp3) is 1.00. The minimum atomic E-state index is -0.771. The molecule has 4 heteroatoms. The molecular weight excluding hydrogens is 194 g/mol. The van der Waals surface area contributed by atoms with Gasteiger partial charge < -0.3 is 20.3 Å². The molecule has 0 aliphatic rings. The van der Waals surface area contributed by atoms with Gasteiger partial charge in [0.1, 0.15) is 0 Å². The van der Waals surface area contributed by atoms with Crippen molar-refractivity contribution in [2.24, 2.45) is 11.7 Å². The molecule has 0 rings (SSSR count). The second-order valence-corrected chi connectivity index (χ2v) is 4.11. The lowest BCUT2D eigenvalue weighted by Gasteiger charge is -2.33. The highest BCUT2D eigenvalue weighted by atomic mass is 16.5. The molecule has 15 heavy (non-hydrogen) atoms. The van der Waals surface area contributed by atoms with Gasteiger partial charge in [-0.1, -0.05) is 6.92 Å². The molecule has 0 saturated carbocycles. The van der Waals surface area contributed by atoms with Crippen LogP contribution < -0.4 is 5.73 Å². The zero-order valence-electron chi connectivity index (χ0n) is 10.2. The number of aliphatic hydroxyl groups is 1. The molecule has 92 valence electrons. The Hall–Kier alpha value is -0.160. The van der Waals surface area contributed by atoms with E-state index in [0.29, 0.717) is 26.2 Å². The van der Waals surface area contributed by atoms with Crippen LogP contribution in [0.1, 0.15) is 26.2 Å². The molecule has 0 radical (unpaired) electrons. The summed E-state index contributed by atoms with van der Waals surface area (Å²) in [7, 11) is 3.28. The number of ether oxygens (including phenoxy) is 2. The van der Waals surface area contributed by atoms with E-state index in [1.54, 1.807) is 14.2 Å². The molecule has 0 bridgehead atoms. The summed E-state index contributed by atoms with van der Waals surface area (Å²) in [5.41, 5.74) is 4.68. The van der Waals surface area contributed by atoms with Gasteiger partial charge in [0.05, 0.1) is 12.2 Å². The lowest BCUT2D eigenvalue weighted by molar-refractivity contribution is -0.0814. The van der Waals surface area contributed by atoms with Gasteiger partial charge in [-0.05, 0) is 31.7 Å². The SMILES string of the molecule is COCCC(C)C(O)(CCCN)COC. The van der Waals surface area contributed by atoms with Gasteiger partial charge in [0.25, 0.3) is 0 Å². The fourth-order valence-corrected chi connectivity index (χ4v) is 1.68. The van der Waals surface area contributed by atoms with E-state index in [4.69, 9.17) is 15.2 Å². The van der Waals surface area contributed by atoms with Gasteiger partial charge in [-0.25, -0.2) is 0 Å². The average Bonchev–Trinajstić information content (AvgIpc) is 2.23. The van der Waals surface area contributed by atoms with E-state index < -0.39 is 5.60 Å². The number of hydrogen-bond acceptors (Lipinski definition) is 4. The first-order chi connectivity index (χ1) is 7.10. The van der Waals surface area contributed by atoms with Crippen molar-refractivity contribution in [3.8, 4) is 0 Å². The van der Waals surface area contributed by atoms with Crippen LogP contribution in [0.3, 0.4) is 0 Å². The van der Waals surface area contributed by atoms with Crippen LogP contribution in [-0.4, -0.2) is 44.7 Å². The zero-order valence-corrected chi connectivity index (χ0v) is 10.2. The molecule has 0 aromatic rings. The maximum Gasteiger partial charge on any atom is 0.0906 e. The average molecular weight is 219 g/mol. The molecule has 0 spiro atoms. The Balaban J connectivity index is 4.18. The fourth-order valence-electron chi connectivity index (χ4n) is 1.68. The molecule has 0 saturated heterocycles. The number of hydrogen-bond donors (Lipinski definition) is 2. The Morgan fingerprint density at radius 1 is 1.33 bits per heavy atom. The van der Waals surface area contributed by atoms with Gasteiger partial charge >= 0.3 is 0 Å². The van der Waals surface area contributed by atoms with Gasteiger partial charge in [-0.3, -0.25) is 0 Å². The molecule has 0 heterocycles. The number of rotatable bonds is 9. The first kappa shape index (κ1) is 14.8. The molecule has 0 aliphatic carbocycles. The smallest absolute Gasteiger partial charge is 0.0906 e. The molecular formula is C11H25NO3. The minimum absolute atomic E-state index is 0.156. The topological polar surface area (TPSA) is 64.7 Å². The summed E-state index contributed by atoms with van der Waals surface area (Å²) < 4.78 is 10.1. The number of methoxy groups -OCH3 is 2. The van der Waals surface area contributed by atoms with Gasteiger partial charge in [0.2, 0.25) is 0 Å². The second kappa shape index (κ2) is 8.05. The molecule has 2 unspecified atom stereocenters. The summed E-state index contributed by atoms with van der Waals surface area (Å²) in [4.78, 5) is 0. The monoisotopic (exact) mass is 219 g/mol. The molecule has 4 nitrogen and oxygen atoms in total. The van der Waals surface area contributed by atoms with E-state index in [1.165, 1.54) is 0 Å². The Bertz CT molecular complexity index is 155. The quantitative estimate of drug-likeness (QED) is 0.601. The summed E-state index contributed by atoms with van der Waals surface area (Å²) in [6.07, 6.45) is 2.33. The Morgan fingerprint density at radius 2 is 2.00 bits per heavy atom. The van der Waals surface area contributed by atoms with Gasteiger partial charge in [-0.2, -0.15) is 0 Å². The van der Waals surface area contributed by atoms with Gasteiger partial charge in [0, 0.05) is 20.8 Å². The van der Waals surface area contributed by atoms with Crippen molar-refractivity contribution in [2.75, 3.05) is 34.0 Å². The van der Waals surface area contributed by atoms with E-state index in [2.05, 4.69) is 0 Å². The van der Waals surface area contributed by atoms with Gasteiger partial charge in [0.15, 0.2) is 0 Å². The molecule has 0 aromatic heterocycles. The van der Waals surface area contributed by atoms with Crippen LogP contribution in [0, 0.1) is 5.92 Å². The summed E-state index contributed by atoms with van der Waals surface area (Å²) in [5, 5.41) is 10.4. The highest BCUT2D eigenvalue weighted by molar-refractivity contribution is 4.84. The van der Waals surface area contributed by atoms with Crippen LogP contribution in [0.2, 0.25) is 0 Å². The van der Waals surface area contributed by atoms with Crippen molar-refractivity contribution in [3.63, 3.8) is 0 Å². The molecule has 0 amide bonds. The van der Waals surface area contributed by atoms with E-state index in [1.807, 2.05) is 6.92 Å². The summed E-state index contributed by atoms with van der Waals surface area (Å²) in [5.74, 6) is 0.156. The summed E-state index contributed by atoms with van der Waals surface area (Å²) in [6, 6.07) is 0. The van der Waals surface area contributed by atoms with E-state index in [0.717, 1.165) is 12.8 Å². The maximum absolute atomic E-state index is 10.4. The van der Waals surface area contributed by atoms with E-state index >= 15 is 0 Å². The van der Waals surface area contributed by atoms with Crippen LogP contribution >= 0.6 is 0 Å². The third-order valence-corrected chi connectivity index (χ3v) is 2.88. The van der Waals surface area contributed by atoms with Crippen molar-refractivity contribution >= 4 is 0 Å². The lowest BCUT2D eigenvalue weighted by atomic mass is 9.83. The predicted octanol–water partition coefficient (Wildman–Crippen LogP) is 0.775. The zero-order chi connectivity index (χ0) is 11.7. The third-order valence-electron chi connectivity index (χ3n) is 2.88. The minimum Gasteiger partial charge on any atom is -0.387 e. The lowest BCUT2D eigenvalue weighted by Crippen LogP contribution is -2.42. The Labute approximate surface area is 92.7 Å². The summed E-state index contributed by atoms with van der Waals surface area (Å²) in [6.45, 7) is 3.64. The number of nitrogens with two attached hydrogens (primary N) is 1. The van der Waals surface area contributed by atoms with Crippen molar-refractivity contribution in [1.29, 1.82) is 0 Å². The largest absolute Gasteiger partial charge is 0.387 e. The first-order valence-electron chi connectivity index (χ1n) is 5.51. The summed E-state index contributed by atoms with van der Waals surface area (Å²) >= 11 is 0. The maximum atomic E-state index is 10.4. The van der Waals surface area contributed by atoms with Gasteiger partial charge in [-0.15, -0.1) is 0 Å². The van der Waals surface area contributed by atoms with Crippen LogP contribution in [0.4, 0.5) is 0 Å². The molecule has 0 aliphatic heterocycles. The van der Waals surface area contributed by atoms with Crippen molar-refractivity contribution in [2.45, 2.75) is 31.8 Å². The first-order valence-corrected chi connectivity index (χ1v) is 5.51. The standard InChI is InChI=1S/C11H25NO3/c1-10(5-8-14-2)11(13,9-15-3)6-4-7-12/h10,13H,4-9,12H2,1-3H3. The van der Waals surface area contributed by atoms with Crippen molar-refractivity contribution in [3.05, 3.63) is 0 Å². The predicted molar refractivity (Wildman–Crippen MR) is 60.8 cm³/mol. The van der Waals surface area contributed by atoms with Crippen LogP contribution in [0.5, 0.6) is 0 Å². The molecule has 2 atom stereocenters. The Kier molecular flexibility index (Phi) is 7.96. The van der Waals surface area contributed by atoms with Crippen LogP contribution in [0.25, 0.3) is 0 Å². The van der Waals surface area contributed by atoms with Crippen molar-refractivity contribution < 1.29 is 14.6 Å². The van der Waals surface area contributed by atoms with Crippen molar-refractivity contribution in [1.82, 2.24) is 0 Å². The molecule has 0 aromatic carbocycles. The highest BCUT2D eigenvalue weighted by Crippen LogP contribution is 2.26. The van der Waals surface area contributed by atoms with E-state index in [-0.39, 0.29) is 5.92 Å². The van der Waals surface area contributed by atoms with Crippen LogP contribution in [-0.2, 0) is 9.47 Å². The van der Waals surface area contributed by atoms with Crippen LogP contribution in [0.15, 0.2) is 0 Å². The molecule has 3 N–H and O–H groups in total. The highest BCUT2D eigenvalue weighted by Gasteiger charge is 2.32. The normalized spacial score (nSPS) is 17.4. The second-order valence-electron chi connectivity index (χ2n) is 4.11. The van der Waals surface area contributed by atoms with E-state index in [9.17, 15) is 5.11 Å². The third kappa shape index (κ3) is 5.47.